The summed E-state index contributed by atoms with van der Waals surface area (Å²) in [5.74, 6) is 0.874. The number of hydrogen-bond acceptors (Lipinski definition) is 2. The molecule has 3 rings (SSSR count). The quantitative estimate of drug-likeness (QED) is 0.361. The highest BCUT2D eigenvalue weighted by Gasteiger charge is 2.27. The second kappa shape index (κ2) is 11.4. The fraction of sp³-hybridized carbons (Fsp3) is 0.409. The molecule has 0 saturated carbocycles. The Kier molecular flexibility index (Phi) is 9.18. The molecule has 1 aliphatic rings. The molecule has 2 aromatic rings. The van der Waals surface area contributed by atoms with Gasteiger partial charge in [-0.3, -0.25) is 4.99 Å². The van der Waals surface area contributed by atoms with E-state index in [0.717, 1.165) is 31.6 Å². The Balaban J connectivity index is 0.00000280. The molecule has 0 bridgehead atoms. The van der Waals surface area contributed by atoms with Crippen LogP contribution in [0.15, 0.2) is 53.5 Å². The van der Waals surface area contributed by atoms with E-state index in [1.54, 1.807) is 13.1 Å². The fourth-order valence-electron chi connectivity index (χ4n) is 3.46. The third-order valence-corrected chi connectivity index (χ3v) is 4.95. The number of aryl methyl sites for hydroxylation is 1. The van der Waals surface area contributed by atoms with Crippen LogP contribution in [-0.4, -0.2) is 26.2 Å². The first-order valence-corrected chi connectivity index (χ1v) is 9.53. The topological polar surface area (TPSA) is 45.7 Å². The zero-order valence-corrected chi connectivity index (χ0v) is 18.8. The minimum Gasteiger partial charge on any atom is -0.373 e. The van der Waals surface area contributed by atoms with Crippen molar-refractivity contribution in [2.24, 2.45) is 10.9 Å². The van der Waals surface area contributed by atoms with Crippen LogP contribution in [0.1, 0.15) is 35.6 Å². The molecule has 2 unspecified atom stereocenters. The van der Waals surface area contributed by atoms with E-state index in [0.29, 0.717) is 18.4 Å². The number of halogens is 2. The van der Waals surface area contributed by atoms with Crippen molar-refractivity contribution in [3.8, 4) is 0 Å². The monoisotopic (exact) mass is 497 g/mol. The maximum atomic E-state index is 13.3. The van der Waals surface area contributed by atoms with E-state index in [9.17, 15) is 4.39 Å². The van der Waals surface area contributed by atoms with Gasteiger partial charge < -0.3 is 15.4 Å². The summed E-state index contributed by atoms with van der Waals surface area (Å²) in [6.45, 7) is 4.21. The summed E-state index contributed by atoms with van der Waals surface area (Å²) in [6.07, 6.45) is 2.30. The molecule has 28 heavy (non-hydrogen) atoms. The molecule has 0 amide bonds. The fourth-order valence-corrected chi connectivity index (χ4v) is 3.46. The molecule has 1 fully saturated rings. The SMILES string of the molecule is CN=C(NCc1cccc(F)c1)NCC1CCCOC1c1ccc(C)cc1.I. The van der Waals surface area contributed by atoms with E-state index >= 15 is 0 Å². The molecule has 0 spiro atoms. The summed E-state index contributed by atoms with van der Waals surface area (Å²) in [5, 5.41) is 6.65. The van der Waals surface area contributed by atoms with Crippen LogP contribution in [0, 0.1) is 18.7 Å². The number of nitrogens with one attached hydrogen (secondary N) is 2. The molecule has 4 nitrogen and oxygen atoms in total. The van der Waals surface area contributed by atoms with Crippen molar-refractivity contribution in [2.45, 2.75) is 32.4 Å². The third-order valence-electron chi connectivity index (χ3n) is 4.95. The summed E-state index contributed by atoms with van der Waals surface area (Å²) in [4.78, 5) is 4.28. The summed E-state index contributed by atoms with van der Waals surface area (Å²) in [6, 6.07) is 15.2. The Morgan fingerprint density at radius 2 is 1.96 bits per heavy atom. The molecular weight excluding hydrogens is 468 g/mol. The van der Waals surface area contributed by atoms with Gasteiger partial charge in [-0.1, -0.05) is 42.0 Å². The number of nitrogens with zero attached hydrogens (tertiary/aromatic N) is 1. The van der Waals surface area contributed by atoms with Crippen molar-refractivity contribution in [1.82, 2.24) is 10.6 Å². The average molecular weight is 497 g/mol. The van der Waals surface area contributed by atoms with Gasteiger partial charge in [0, 0.05) is 32.7 Å². The third kappa shape index (κ3) is 6.44. The first-order valence-electron chi connectivity index (χ1n) is 9.53. The van der Waals surface area contributed by atoms with Crippen LogP contribution in [0.5, 0.6) is 0 Å². The Bertz CT molecular complexity index is 767. The molecule has 1 saturated heterocycles. The van der Waals surface area contributed by atoms with Crippen molar-refractivity contribution in [3.05, 3.63) is 71.0 Å². The van der Waals surface area contributed by atoms with Gasteiger partial charge in [0.15, 0.2) is 5.96 Å². The first kappa shape index (κ1) is 22.6. The van der Waals surface area contributed by atoms with Gasteiger partial charge in [0.1, 0.15) is 5.82 Å². The van der Waals surface area contributed by atoms with E-state index in [4.69, 9.17) is 4.74 Å². The van der Waals surface area contributed by atoms with Gasteiger partial charge in [-0.05, 0) is 43.0 Å². The maximum absolute atomic E-state index is 13.3. The van der Waals surface area contributed by atoms with Crippen LogP contribution in [0.3, 0.4) is 0 Å². The van der Waals surface area contributed by atoms with Crippen molar-refractivity contribution in [3.63, 3.8) is 0 Å². The second-order valence-corrected chi connectivity index (χ2v) is 7.04. The van der Waals surface area contributed by atoms with E-state index in [1.807, 2.05) is 6.07 Å². The van der Waals surface area contributed by atoms with Gasteiger partial charge in [-0.25, -0.2) is 4.39 Å². The lowest BCUT2D eigenvalue weighted by molar-refractivity contribution is -0.0265. The molecule has 1 heterocycles. The van der Waals surface area contributed by atoms with Gasteiger partial charge in [0.2, 0.25) is 0 Å². The van der Waals surface area contributed by atoms with E-state index in [-0.39, 0.29) is 35.9 Å². The Hall–Kier alpha value is -1.67. The van der Waals surface area contributed by atoms with E-state index in [1.165, 1.54) is 23.3 Å². The molecule has 0 radical (unpaired) electrons. The van der Waals surface area contributed by atoms with Crippen LogP contribution in [0.25, 0.3) is 0 Å². The minimum absolute atomic E-state index is 0. The maximum Gasteiger partial charge on any atom is 0.191 e. The highest BCUT2D eigenvalue weighted by molar-refractivity contribution is 14.0. The number of ether oxygens (including phenoxy) is 1. The van der Waals surface area contributed by atoms with Gasteiger partial charge in [0.05, 0.1) is 6.10 Å². The van der Waals surface area contributed by atoms with Crippen LogP contribution >= 0.6 is 24.0 Å². The molecule has 2 atom stereocenters. The molecule has 2 aromatic carbocycles. The lowest BCUT2D eigenvalue weighted by atomic mass is 9.89. The van der Waals surface area contributed by atoms with Crippen LogP contribution in [0.4, 0.5) is 4.39 Å². The van der Waals surface area contributed by atoms with Crippen LogP contribution in [0.2, 0.25) is 0 Å². The summed E-state index contributed by atoms with van der Waals surface area (Å²) >= 11 is 0. The predicted molar refractivity (Wildman–Crippen MR) is 123 cm³/mol. The number of benzene rings is 2. The van der Waals surface area contributed by atoms with Gasteiger partial charge in [0.25, 0.3) is 0 Å². The highest BCUT2D eigenvalue weighted by Crippen LogP contribution is 2.33. The molecule has 0 aliphatic carbocycles. The number of aliphatic imine (C=N–C) groups is 1. The van der Waals surface area contributed by atoms with Gasteiger partial charge in [-0.15, -0.1) is 24.0 Å². The smallest absolute Gasteiger partial charge is 0.191 e. The number of rotatable bonds is 5. The summed E-state index contributed by atoms with van der Waals surface area (Å²) in [7, 11) is 1.75. The standard InChI is InChI=1S/C22H28FN3O.HI/c1-16-8-10-18(11-9-16)21-19(6-4-12-27-21)15-26-22(24-2)25-14-17-5-3-7-20(23)13-17;/h3,5,7-11,13,19,21H,4,6,12,14-15H2,1-2H3,(H2,24,25,26);1H. The van der Waals surface area contributed by atoms with Gasteiger partial charge >= 0.3 is 0 Å². The van der Waals surface area contributed by atoms with Gasteiger partial charge in [-0.2, -0.15) is 0 Å². The molecular formula is C22H29FIN3O. The lowest BCUT2D eigenvalue weighted by Gasteiger charge is -2.32. The van der Waals surface area contributed by atoms with Crippen LogP contribution < -0.4 is 10.6 Å². The predicted octanol–water partition coefficient (Wildman–Crippen LogP) is 4.59. The second-order valence-electron chi connectivity index (χ2n) is 7.04. The average Bonchev–Trinajstić information content (AvgIpc) is 2.69. The van der Waals surface area contributed by atoms with E-state index < -0.39 is 0 Å². The Labute approximate surface area is 184 Å². The zero-order chi connectivity index (χ0) is 19.1. The molecule has 6 heteroatoms. The van der Waals surface area contributed by atoms with Crippen molar-refractivity contribution in [2.75, 3.05) is 20.2 Å². The van der Waals surface area contributed by atoms with Crippen LogP contribution in [-0.2, 0) is 11.3 Å². The number of guanidine groups is 1. The zero-order valence-electron chi connectivity index (χ0n) is 16.5. The first-order chi connectivity index (χ1) is 13.2. The van der Waals surface area contributed by atoms with Crippen molar-refractivity contribution < 1.29 is 9.13 Å². The van der Waals surface area contributed by atoms with Crippen molar-refractivity contribution >= 4 is 29.9 Å². The molecule has 2 N–H and O–H groups in total. The highest BCUT2D eigenvalue weighted by atomic mass is 127. The summed E-state index contributed by atoms with van der Waals surface area (Å²) < 4.78 is 19.4. The normalized spacial score (nSPS) is 19.6. The molecule has 0 aromatic heterocycles. The molecule has 1 aliphatic heterocycles. The van der Waals surface area contributed by atoms with E-state index in [2.05, 4.69) is 46.8 Å². The van der Waals surface area contributed by atoms with Crippen molar-refractivity contribution in [1.29, 1.82) is 0 Å². The Morgan fingerprint density at radius 3 is 2.68 bits per heavy atom. The largest absolute Gasteiger partial charge is 0.373 e. The molecule has 152 valence electrons. The summed E-state index contributed by atoms with van der Waals surface area (Å²) in [5.41, 5.74) is 3.37. The number of hydrogen-bond donors (Lipinski definition) is 2. The minimum atomic E-state index is -0.224. The Morgan fingerprint density at radius 1 is 1.18 bits per heavy atom. The lowest BCUT2D eigenvalue weighted by Crippen LogP contribution is -2.41.